The maximum absolute atomic E-state index is 12.7. The van der Waals surface area contributed by atoms with Crippen LogP contribution in [0, 0.1) is 5.92 Å². The van der Waals surface area contributed by atoms with Gasteiger partial charge in [0.05, 0.1) is 18.1 Å². The lowest BCUT2D eigenvalue weighted by Crippen LogP contribution is -2.43. The summed E-state index contributed by atoms with van der Waals surface area (Å²) >= 11 is 5.19. The molecule has 0 saturated carbocycles. The van der Waals surface area contributed by atoms with Crippen molar-refractivity contribution in [1.29, 1.82) is 0 Å². The van der Waals surface area contributed by atoms with Crippen molar-refractivity contribution < 1.29 is 9.53 Å². The van der Waals surface area contributed by atoms with Gasteiger partial charge in [0.2, 0.25) is 11.8 Å². The number of hydrogen-bond acceptors (Lipinski definition) is 7. The quantitative estimate of drug-likeness (QED) is 0.462. The summed E-state index contributed by atoms with van der Waals surface area (Å²) in [6.45, 7) is 2.76. The SMILES string of the molecule is Nc1c(Br)c(OCC2CCN(C(=O)C3CC=CS3)CC2)nc2c(C3=Cc4ccccc4NC3)cnn12. The first-order valence-corrected chi connectivity index (χ1v) is 13.9. The number of nitrogen functional groups attached to an aromatic ring is 1. The van der Waals surface area contributed by atoms with Gasteiger partial charge < -0.3 is 20.7 Å². The molecule has 3 N–H and O–H groups in total. The lowest BCUT2D eigenvalue weighted by molar-refractivity contribution is -0.132. The number of halogens is 1. The third-order valence-corrected chi connectivity index (χ3v) is 8.86. The Morgan fingerprint density at radius 3 is 2.92 bits per heavy atom. The fourth-order valence-electron chi connectivity index (χ4n) is 4.95. The second-order valence-corrected chi connectivity index (χ2v) is 11.2. The van der Waals surface area contributed by atoms with Crippen molar-refractivity contribution in [2.75, 3.05) is 37.3 Å². The van der Waals surface area contributed by atoms with Crippen molar-refractivity contribution in [1.82, 2.24) is 19.5 Å². The molecule has 0 spiro atoms. The van der Waals surface area contributed by atoms with E-state index in [0.717, 1.165) is 54.7 Å². The van der Waals surface area contributed by atoms with Crippen LogP contribution in [0.5, 0.6) is 5.88 Å². The summed E-state index contributed by atoms with van der Waals surface area (Å²) in [5.41, 5.74) is 11.3. The zero-order valence-corrected chi connectivity index (χ0v) is 22.1. The average molecular weight is 568 g/mol. The Kier molecular flexibility index (Phi) is 6.39. The van der Waals surface area contributed by atoms with Gasteiger partial charge in [-0.15, -0.1) is 11.8 Å². The van der Waals surface area contributed by atoms with Crippen molar-refractivity contribution in [2.24, 2.45) is 5.92 Å². The van der Waals surface area contributed by atoms with Crippen LogP contribution in [-0.4, -0.2) is 56.9 Å². The molecule has 0 radical (unpaired) electrons. The van der Waals surface area contributed by atoms with Crippen molar-refractivity contribution in [2.45, 2.75) is 24.5 Å². The Morgan fingerprint density at radius 1 is 1.28 bits per heavy atom. The zero-order chi connectivity index (χ0) is 24.6. The monoisotopic (exact) mass is 566 g/mol. The fourth-order valence-corrected chi connectivity index (χ4v) is 6.22. The van der Waals surface area contributed by atoms with Crippen LogP contribution in [0.4, 0.5) is 11.5 Å². The number of nitrogens with two attached hydrogens (primary N) is 1. The third kappa shape index (κ3) is 4.37. The van der Waals surface area contributed by atoms with Crippen molar-refractivity contribution in [3.8, 4) is 5.88 Å². The first-order valence-electron chi connectivity index (χ1n) is 12.2. The molecule has 8 nitrogen and oxygen atoms in total. The van der Waals surface area contributed by atoms with Gasteiger partial charge >= 0.3 is 0 Å². The van der Waals surface area contributed by atoms with Gasteiger partial charge in [0.25, 0.3) is 0 Å². The molecule has 10 heteroatoms. The first-order chi connectivity index (χ1) is 17.6. The molecule has 0 aliphatic carbocycles. The highest BCUT2D eigenvalue weighted by Gasteiger charge is 2.29. The number of likely N-dealkylation sites (tertiary alicyclic amines) is 1. The van der Waals surface area contributed by atoms with Crippen molar-refractivity contribution in [3.05, 3.63) is 57.5 Å². The number of nitrogens with one attached hydrogen (secondary N) is 1. The highest BCUT2D eigenvalue weighted by atomic mass is 79.9. The van der Waals surface area contributed by atoms with Gasteiger partial charge in [-0.2, -0.15) is 14.6 Å². The van der Waals surface area contributed by atoms with Crippen LogP contribution >= 0.6 is 27.7 Å². The highest BCUT2D eigenvalue weighted by Crippen LogP contribution is 2.35. The van der Waals surface area contributed by atoms with Gasteiger partial charge in [0.15, 0.2) is 5.65 Å². The summed E-state index contributed by atoms with van der Waals surface area (Å²) in [6, 6.07) is 8.21. The summed E-state index contributed by atoms with van der Waals surface area (Å²) < 4.78 is 8.44. The van der Waals surface area contributed by atoms with Gasteiger partial charge in [-0.05, 0) is 69.8 Å². The van der Waals surface area contributed by atoms with Crippen LogP contribution in [0.1, 0.15) is 30.4 Å². The van der Waals surface area contributed by atoms with E-state index in [1.807, 2.05) is 22.4 Å². The number of carbonyl (C=O) groups excluding carboxylic acids is 1. The Hall–Kier alpha value is -2.98. The molecule has 1 saturated heterocycles. The number of rotatable bonds is 5. The fraction of sp³-hybridized carbons (Fsp3) is 0.346. The van der Waals surface area contributed by atoms with Gasteiger partial charge in [0, 0.05) is 30.9 Å². The number of thioether (sulfide) groups is 1. The molecule has 5 heterocycles. The van der Waals surface area contributed by atoms with Crippen molar-refractivity contribution >= 4 is 62.4 Å². The molecule has 3 aliphatic heterocycles. The third-order valence-electron chi connectivity index (χ3n) is 7.04. The van der Waals surface area contributed by atoms with E-state index in [1.54, 1.807) is 22.5 Å². The Labute approximate surface area is 222 Å². The van der Waals surface area contributed by atoms with E-state index in [2.05, 4.69) is 50.6 Å². The molecule has 186 valence electrons. The minimum absolute atomic E-state index is 0.0560. The van der Waals surface area contributed by atoms with Gasteiger partial charge in [0.1, 0.15) is 10.3 Å². The maximum Gasteiger partial charge on any atom is 0.236 e. The number of anilines is 2. The molecular weight excluding hydrogens is 540 g/mol. The molecule has 3 aromatic rings. The molecule has 1 atom stereocenters. The van der Waals surface area contributed by atoms with Gasteiger partial charge in [-0.1, -0.05) is 24.3 Å². The number of aromatic nitrogens is 3. The number of piperidine rings is 1. The average Bonchev–Trinajstić information content (AvgIpc) is 3.60. The Morgan fingerprint density at radius 2 is 2.11 bits per heavy atom. The number of carbonyl (C=O) groups is 1. The summed E-state index contributed by atoms with van der Waals surface area (Å²) in [7, 11) is 0. The number of para-hydroxylation sites is 1. The summed E-state index contributed by atoms with van der Waals surface area (Å²) in [4.78, 5) is 19.5. The molecule has 3 aliphatic rings. The standard InChI is InChI=1S/C26H27BrN6O2S/c27-22-23(28)33-24(19(14-30-33)18-12-17-4-1-2-5-20(17)29-13-18)31-25(22)35-15-16-7-9-32(10-8-16)26(34)21-6-3-11-36-21/h1-5,11-12,14,16,21,29H,6-10,13,15,28H2. The Balaban J connectivity index is 1.17. The predicted octanol–water partition coefficient (Wildman–Crippen LogP) is 4.68. The van der Waals surface area contributed by atoms with E-state index in [0.29, 0.717) is 40.9 Å². The molecule has 1 unspecified atom stereocenters. The molecule has 1 amide bonds. The van der Waals surface area contributed by atoms with Crippen LogP contribution in [0.15, 0.2) is 46.4 Å². The highest BCUT2D eigenvalue weighted by molar-refractivity contribution is 9.10. The molecule has 36 heavy (non-hydrogen) atoms. The smallest absolute Gasteiger partial charge is 0.236 e. The topological polar surface area (TPSA) is 97.8 Å². The number of hydrogen-bond donors (Lipinski definition) is 2. The number of nitrogens with zero attached hydrogens (tertiary/aromatic N) is 4. The lowest BCUT2D eigenvalue weighted by atomic mass is 9.97. The molecular formula is C26H27BrN6O2S. The number of fused-ring (bicyclic) bond motifs is 2. The van der Waals surface area contributed by atoms with Crippen LogP contribution in [-0.2, 0) is 4.79 Å². The van der Waals surface area contributed by atoms with E-state index in [1.165, 1.54) is 0 Å². The minimum atomic E-state index is 0.0560. The largest absolute Gasteiger partial charge is 0.476 e. The number of allylic oxidation sites excluding steroid dienone is 1. The Bertz CT molecular complexity index is 1370. The normalized spacial score (nSPS) is 19.8. The molecule has 6 rings (SSSR count). The zero-order valence-electron chi connectivity index (χ0n) is 19.7. The molecule has 1 aromatic carbocycles. The number of amides is 1. The minimum Gasteiger partial charge on any atom is -0.476 e. The molecule has 1 fully saturated rings. The van der Waals surface area contributed by atoms with E-state index in [4.69, 9.17) is 15.5 Å². The van der Waals surface area contributed by atoms with Crippen LogP contribution in [0.25, 0.3) is 17.3 Å². The van der Waals surface area contributed by atoms with Crippen molar-refractivity contribution in [3.63, 3.8) is 0 Å². The van der Waals surface area contributed by atoms with Crippen LogP contribution in [0.2, 0.25) is 0 Å². The van der Waals surface area contributed by atoms with E-state index in [9.17, 15) is 4.79 Å². The molecule has 2 aromatic heterocycles. The van der Waals surface area contributed by atoms with Crippen LogP contribution in [0.3, 0.4) is 0 Å². The lowest BCUT2D eigenvalue weighted by Gasteiger charge is -2.33. The summed E-state index contributed by atoms with van der Waals surface area (Å²) in [5, 5.41) is 10.0. The van der Waals surface area contributed by atoms with Crippen LogP contribution < -0.4 is 15.8 Å². The number of ether oxygens (including phenoxy) is 1. The van der Waals surface area contributed by atoms with Gasteiger partial charge in [-0.25, -0.2) is 0 Å². The molecule has 0 bridgehead atoms. The predicted molar refractivity (Wildman–Crippen MR) is 148 cm³/mol. The van der Waals surface area contributed by atoms with E-state index < -0.39 is 0 Å². The number of benzene rings is 1. The summed E-state index contributed by atoms with van der Waals surface area (Å²) in [6.07, 6.45) is 8.73. The van der Waals surface area contributed by atoms with Gasteiger partial charge in [-0.3, -0.25) is 4.79 Å². The second-order valence-electron chi connectivity index (χ2n) is 9.33. The summed E-state index contributed by atoms with van der Waals surface area (Å²) in [5.74, 6) is 1.54. The maximum atomic E-state index is 12.7. The first kappa shape index (κ1) is 23.4. The second kappa shape index (κ2) is 9.82. The van der Waals surface area contributed by atoms with E-state index in [-0.39, 0.29) is 11.2 Å². The van der Waals surface area contributed by atoms with E-state index >= 15 is 0 Å².